The summed E-state index contributed by atoms with van der Waals surface area (Å²) in [5, 5.41) is 14.6. The van der Waals surface area contributed by atoms with Crippen molar-refractivity contribution in [2.75, 3.05) is 0 Å². The van der Waals surface area contributed by atoms with Crippen LogP contribution in [-0.2, 0) is 5.41 Å². The van der Waals surface area contributed by atoms with Gasteiger partial charge in [-0.05, 0) is 74.4 Å². The first kappa shape index (κ1) is 25.4. The second-order valence-corrected chi connectivity index (χ2v) is 11.8. The third-order valence-electron chi connectivity index (χ3n) is 8.40. The summed E-state index contributed by atoms with van der Waals surface area (Å²) in [5.74, 6) is 0.356. The third-order valence-corrected chi connectivity index (χ3v) is 9.03. The van der Waals surface area contributed by atoms with Gasteiger partial charge in [0.15, 0.2) is 0 Å². The summed E-state index contributed by atoms with van der Waals surface area (Å²) in [4.78, 5) is 26.7. The number of pyridine rings is 1. The number of benzene rings is 2. The Morgan fingerprint density at radius 2 is 1.77 bits per heavy atom. The molecule has 0 aliphatic heterocycles. The fourth-order valence-corrected chi connectivity index (χ4v) is 6.51. The quantitative estimate of drug-likeness (QED) is 0.256. The van der Waals surface area contributed by atoms with Crippen molar-refractivity contribution in [2.24, 2.45) is 0 Å². The van der Waals surface area contributed by atoms with E-state index in [2.05, 4.69) is 44.5 Å². The first-order valence-corrected chi connectivity index (χ1v) is 14.3. The molecule has 9 heteroatoms. The van der Waals surface area contributed by atoms with Crippen molar-refractivity contribution >= 4 is 45.8 Å². The smallest absolute Gasteiger partial charge is 0.253 e. The molecule has 3 aromatic heterocycles. The standard InChI is InChI=1S/C31H27Cl2N5O2/c32-25-14-24(29(40)37-21-4-6-22(39)7-5-21)26(33)13-23(25)19-15-35-30-36-16-28(38(30)17-19)31(9-10-31)20-3-8-27-18(12-20)2-1-11-34-27/h1-3,8,11-17,21-22,39H,4-7,9-10H2,(H,37,40)/t21-,22-. The number of amides is 1. The Bertz CT molecular complexity index is 1770. The van der Waals surface area contributed by atoms with E-state index in [-0.39, 0.29) is 23.5 Å². The van der Waals surface area contributed by atoms with Crippen LogP contribution in [-0.4, -0.2) is 42.5 Å². The number of aliphatic hydroxyl groups is 1. The third kappa shape index (κ3) is 4.42. The lowest BCUT2D eigenvalue weighted by Gasteiger charge is -2.26. The molecular formula is C31H27Cl2N5O2. The number of aromatic nitrogens is 4. The summed E-state index contributed by atoms with van der Waals surface area (Å²) in [5.41, 5.74) is 4.97. The zero-order valence-electron chi connectivity index (χ0n) is 21.6. The van der Waals surface area contributed by atoms with Crippen LogP contribution >= 0.6 is 23.2 Å². The fourth-order valence-electron chi connectivity index (χ4n) is 5.98. The monoisotopic (exact) mass is 571 g/mol. The fraction of sp³-hybridized carbons (Fsp3) is 0.290. The van der Waals surface area contributed by atoms with Crippen LogP contribution in [0.4, 0.5) is 0 Å². The van der Waals surface area contributed by atoms with E-state index >= 15 is 0 Å². The van der Waals surface area contributed by atoms with Gasteiger partial charge in [0.2, 0.25) is 5.78 Å². The number of nitrogens with zero attached hydrogens (tertiary/aromatic N) is 4. The topological polar surface area (TPSA) is 92.4 Å². The van der Waals surface area contributed by atoms with E-state index in [1.54, 1.807) is 18.3 Å². The molecule has 2 aliphatic rings. The van der Waals surface area contributed by atoms with E-state index in [9.17, 15) is 9.90 Å². The van der Waals surface area contributed by atoms with Crippen LogP contribution in [0.15, 0.2) is 67.3 Å². The molecule has 2 aliphatic carbocycles. The molecule has 0 radical (unpaired) electrons. The predicted octanol–water partition coefficient (Wildman–Crippen LogP) is 6.36. The molecular weight excluding hydrogens is 545 g/mol. The van der Waals surface area contributed by atoms with Gasteiger partial charge in [-0.25, -0.2) is 9.97 Å². The van der Waals surface area contributed by atoms with Gasteiger partial charge in [0.25, 0.3) is 5.91 Å². The van der Waals surface area contributed by atoms with Gasteiger partial charge in [-0.2, -0.15) is 0 Å². The Kier molecular flexibility index (Phi) is 6.26. The van der Waals surface area contributed by atoms with E-state index in [1.165, 1.54) is 5.56 Å². The summed E-state index contributed by atoms with van der Waals surface area (Å²) in [7, 11) is 0. The van der Waals surface area contributed by atoms with Crippen molar-refractivity contribution in [3.8, 4) is 11.1 Å². The summed E-state index contributed by atoms with van der Waals surface area (Å²) in [6.07, 6.45) is 12.1. The van der Waals surface area contributed by atoms with E-state index in [0.29, 0.717) is 39.8 Å². The highest BCUT2D eigenvalue weighted by atomic mass is 35.5. The Morgan fingerprint density at radius 1 is 0.975 bits per heavy atom. The maximum Gasteiger partial charge on any atom is 0.253 e. The zero-order chi connectivity index (χ0) is 27.4. The Morgan fingerprint density at radius 3 is 2.58 bits per heavy atom. The van der Waals surface area contributed by atoms with Crippen LogP contribution in [0.2, 0.25) is 10.0 Å². The van der Waals surface area contributed by atoms with Crippen LogP contribution in [0.1, 0.15) is 60.1 Å². The summed E-state index contributed by atoms with van der Waals surface area (Å²) < 4.78 is 2.04. The molecule has 3 heterocycles. The van der Waals surface area contributed by atoms with Crippen molar-refractivity contribution in [1.29, 1.82) is 0 Å². The van der Waals surface area contributed by atoms with Gasteiger partial charge in [0, 0.05) is 51.6 Å². The second kappa shape index (κ2) is 9.84. The number of hydrogen-bond acceptors (Lipinski definition) is 5. The van der Waals surface area contributed by atoms with E-state index in [4.69, 9.17) is 23.2 Å². The van der Waals surface area contributed by atoms with Crippen molar-refractivity contribution in [3.05, 3.63) is 94.1 Å². The van der Waals surface area contributed by atoms with Gasteiger partial charge in [-0.3, -0.25) is 14.2 Å². The second-order valence-electron chi connectivity index (χ2n) is 10.9. The van der Waals surface area contributed by atoms with Gasteiger partial charge < -0.3 is 10.4 Å². The average molecular weight is 572 g/mol. The Hall–Kier alpha value is -3.52. The molecule has 0 bridgehead atoms. The number of fused-ring (bicyclic) bond motifs is 2. The number of rotatable bonds is 5. The maximum atomic E-state index is 13.0. The number of nitrogens with one attached hydrogen (secondary N) is 1. The molecule has 7 rings (SSSR count). The SMILES string of the molecule is O=C(N[C@H]1CC[C@H](O)CC1)c1cc(Cl)c(-c2cnc3ncc(C4(c5ccc6ncccc6c5)CC4)n3c2)cc1Cl. The van der Waals surface area contributed by atoms with Gasteiger partial charge in [-0.15, -0.1) is 0 Å². The molecule has 5 aromatic rings. The minimum absolute atomic E-state index is 0.0188. The summed E-state index contributed by atoms with van der Waals surface area (Å²) in [6, 6.07) is 13.9. The molecule has 0 unspecified atom stereocenters. The highest BCUT2D eigenvalue weighted by Gasteiger charge is 2.48. The van der Waals surface area contributed by atoms with E-state index in [1.807, 2.05) is 29.1 Å². The number of carbonyl (C=O) groups excluding carboxylic acids is 1. The number of aliphatic hydroxyl groups excluding tert-OH is 1. The maximum absolute atomic E-state index is 13.0. The van der Waals surface area contributed by atoms with Gasteiger partial charge in [-0.1, -0.05) is 35.3 Å². The molecule has 2 N–H and O–H groups in total. The molecule has 2 saturated carbocycles. The predicted molar refractivity (Wildman–Crippen MR) is 156 cm³/mol. The van der Waals surface area contributed by atoms with E-state index in [0.717, 1.165) is 47.8 Å². The van der Waals surface area contributed by atoms with Gasteiger partial charge in [0.05, 0.1) is 34.1 Å². The van der Waals surface area contributed by atoms with Crippen LogP contribution in [0.3, 0.4) is 0 Å². The lowest BCUT2D eigenvalue weighted by atomic mass is 9.91. The minimum atomic E-state index is -0.285. The summed E-state index contributed by atoms with van der Waals surface area (Å²) in [6.45, 7) is 0. The normalized spacial score (nSPS) is 20.1. The van der Waals surface area contributed by atoms with Gasteiger partial charge >= 0.3 is 0 Å². The van der Waals surface area contributed by atoms with Crippen LogP contribution in [0, 0.1) is 0 Å². The average Bonchev–Trinajstić information content (AvgIpc) is 3.67. The zero-order valence-corrected chi connectivity index (χ0v) is 23.2. The lowest BCUT2D eigenvalue weighted by molar-refractivity contribution is 0.0868. The molecule has 0 atom stereocenters. The largest absolute Gasteiger partial charge is 0.393 e. The first-order chi connectivity index (χ1) is 19.4. The molecule has 7 nitrogen and oxygen atoms in total. The number of carbonyl (C=O) groups is 1. The first-order valence-electron chi connectivity index (χ1n) is 13.6. The molecule has 1 amide bonds. The molecule has 0 saturated heterocycles. The lowest BCUT2D eigenvalue weighted by Crippen LogP contribution is -2.38. The van der Waals surface area contributed by atoms with Gasteiger partial charge in [0.1, 0.15) is 0 Å². The van der Waals surface area contributed by atoms with Crippen molar-refractivity contribution < 1.29 is 9.90 Å². The molecule has 40 heavy (non-hydrogen) atoms. The molecule has 2 fully saturated rings. The number of imidazole rings is 1. The molecule has 202 valence electrons. The van der Waals surface area contributed by atoms with Crippen LogP contribution in [0.5, 0.6) is 0 Å². The number of hydrogen-bond donors (Lipinski definition) is 2. The molecule has 2 aromatic carbocycles. The van der Waals surface area contributed by atoms with Crippen molar-refractivity contribution in [3.63, 3.8) is 0 Å². The van der Waals surface area contributed by atoms with E-state index < -0.39 is 0 Å². The Labute approximate surface area is 241 Å². The minimum Gasteiger partial charge on any atom is -0.393 e. The number of halogens is 2. The Balaban J connectivity index is 1.21. The molecule has 0 spiro atoms. The van der Waals surface area contributed by atoms with Crippen LogP contribution in [0.25, 0.3) is 27.8 Å². The highest BCUT2D eigenvalue weighted by Crippen LogP contribution is 2.54. The summed E-state index contributed by atoms with van der Waals surface area (Å²) >= 11 is 13.4. The van der Waals surface area contributed by atoms with Crippen molar-refractivity contribution in [1.82, 2.24) is 24.7 Å². The van der Waals surface area contributed by atoms with Crippen molar-refractivity contribution in [2.45, 2.75) is 56.1 Å². The highest BCUT2D eigenvalue weighted by molar-refractivity contribution is 6.37. The van der Waals surface area contributed by atoms with Crippen LogP contribution < -0.4 is 5.32 Å².